The molecular weight excluding hydrogens is 244 g/mol. The largest absolute Gasteiger partial charge is 0.437 e. The highest BCUT2D eigenvalue weighted by Gasteiger charge is 2.12. The van der Waals surface area contributed by atoms with E-state index in [1.165, 1.54) is 18.3 Å². The third-order valence-electron chi connectivity index (χ3n) is 2.35. The summed E-state index contributed by atoms with van der Waals surface area (Å²) < 4.78 is 5.46. The molecule has 0 atom stereocenters. The summed E-state index contributed by atoms with van der Waals surface area (Å²) >= 11 is 0. The average Bonchev–Trinajstić information content (AvgIpc) is 2.41. The number of nitriles is 1. The standard InChI is InChI=1S/C13H10N4O2/c14-6-8-5-9(15)7-17-13(8)19-11-4-2-1-3-10(11)12(16)18/h1-5,7H,15H2,(H2,16,18). The summed E-state index contributed by atoms with van der Waals surface area (Å²) in [6, 6.07) is 9.81. The van der Waals surface area contributed by atoms with Gasteiger partial charge in [-0.05, 0) is 18.2 Å². The maximum atomic E-state index is 11.3. The van der Waals surface area contributed by atoms with Crippen LogP contribution >= 0.6 is 0 Å². The first-order valence-corrected chi connectivity index (χ1v) is 5.34. The van der Waals surface area contributed by atoms with Gasteiger partial charge in [0.2, 0.25) is 5.88 Å². The number of pyridine rings is 1. The Morgan fingerprint density at radius 1 is 1.37 bits per heavy atom. The van der Waals surface area contributed by atoms with E-state index in [2.05, 4.69) is 4.98 Å². The predicted octanol–water partition coefficient (Wildman–Crippen LogP) is 1.43. The molecule has 6 heteroatoms. The highest BCUT2D eigenvalue weighted by molar-refractivity contribution is 5.95. The van der Waals surface area contributed by atoms with E-state index < -0.39 is 5.91 Å². The molecule has 0 fully saturated rings. The fraction of sp³-hybridized carbons (Fsp3) is 0. The van der Waals surface area contributed by atoms with Crippen LogP contribution < -0.4 is 16.2 Å². The SMILES string of the molecule is N#Cc1cc(N)cnc1Oc1ccccc1C(N)=O. The average molecular weight is 254 g/mol. The molecule has 4 N–H and O–H groups in total. The number of carbonyl (C=O) groups is 1. The molecule has 0 aliphatic rings. The first-order valence-electron chi connectivity index (χ1n) is 5.34. The molecule has 0 unspecified atom stereocenters. The van der Waals surface area contributed by atoms with Crippen LogP contribution in [0.25, 0.3) is 0 Å². The Morgan fingerprint density at radius 3 is 2.79 bits per heavy atom. The van der Waals surface area contributed by atoms with Crippen LogP contribution in [-0.4, -0.2) is 10.9 Å². The highest BCUT2D eigenvalue weighted by Crippen LogP contribution is 2.26. The first kappa shape index (κ1) is 12.4. The molecule has 0 aliphatic carbocycles. The fourth-order valence-electron chi connectivity index (χ4n) is 1.49. The van der Waals surface area contributed by atoms with Gasteiger partial charge in [0.05, 0.1) is 17.4 Å². The molecule has 2 rings (SSSR count). The summed E-state index contributed by atoms with van der Waals surface area (Å²) in [5.74, 6) is -0.307. The Balaban J connectivity index is 2.43. The minimum absolute atomic E-state index is 0.0744. The zero-order chi connectivity index (χ0) is 13.8. The molecule has 1 amide bonds. The number of nitrogens with zero attached hydrogens (tertiary/aromatic N) is 2. The Labute approximate surface area is 109 Å². The van der Waals surface area contributed by atoms with Crippen LogP contribution in [0.15, 0.2) is 36.5 Å². The van der Waals surface area contributed by atoms with E-state index >= 15 is 0 Å². The monoisotopic (exact) mass is 254 g/mol. The van der Waals surface area contributed by atoms with Gasteiger partial charge < -0.3 is 16.2 Å². The van der Waals surface area contributed by atoms with Crippen LogP contribution in [0.5, 0.6) is 11.6 Å². The molecular formula is C13H10N4O2. The summed E-state index contributed by atoms with van der Waals surface area (Å²) in [6.07, 6.45) is 1.36. The quantitative estimate of drug-likeness (QED) is 0.859. The van der Waals surface area contributed by atoms with E-state index in [1.54, 1.807) is 18.2 Å². The van der Waals surface area contributed by atoms with Crippen molar-refractivity contribution < 1.29 is 9.53 Å². The summed E-state index contributed by atoms with van der Waals surface area (Å²) in [4.78, 5) is 15.2. The number of nitrogens with two attached hydrogens (primary N) is 2. The summed E-state index contributed by atoms with van der Waals surface area (Å²) in [6.45, 7) is 0. The van der Waals surface area contributed by atoms with Gasteiger partial charge in [-0.25, -0.2) is 4.98 Å². The van der Waals surface area contributed by atoms with E-state index in [-0.39, 0.29) is 22.8 Å². The first-order chi connectivity index (χ1) is 9.11. The second-order valence-corrected chi connectivity index (χ2v) is 3.70. The lowest BCUT2D eigenvalue weighted by Crippen LogP contribution is -2.12. The van der Waals surface area contributed by atoms with Gasteiger partial charge in [0.25, 0.3) is 5.91 Å². The number of primary amides is 1. The number of ether oxygens (including phenoxy) is 1. The minimum Gasteiger partial charge on any atom is -0.437 e. The molecule has 0 saturated carbocycles. The number of hydrogen-bond acceptors (Lipinski definition) is 5. The van der Waals surface area contributed by atoms with Crippen molar-refractivity contribution >= 4 is 11.6 Å². The smallest absolute Gasteiger partial charge is 0.252 e. The Hall–Kier alpha value is -3.07. The number of benzene rings is 1. The second-order valence-electron chi connectivity index (χ2n) is 3.70. The molecule has 1 aromatic carbocycles. The molecule has 0 spiro atoms. The van der Waals surface area contributed by atoms with Crippen LogP contribution in [-0.2, 0) is 0 Å². The van der Waals surface area contributed by atoms with Crippen molar-refractivity contribution in [3.05, 3.63) is 47.7 Å². The molecule has 0 saturated heterocycles. The van der Waals surface area contributed by atoms with Gasteiger partial charge >= 0.3 is 0 Å². The van der Waals surface area contributed by atoms with E-state index in [9.17, 15) is 4.79 Å². The Bertz CT molecular complexity index is 677. The zero-order valence-corrected chi connectivity index (χ0v) is 9.83. The number of para-hydroxylation sites is 1. The van der Waals surface area contributed by atoms with Crippen LogP contribution in [0.3, 0.4) is 0 Å². The van der Waals surface area contributed by atoms with Crippen molar-refractivity contribution in [2.45, 2.75) is 0 Å². The fourth-order valence-corrected chi connectivity index (χ4v) is 1.49. The van der Waals surface area contributed by atoms with E-state index in [1.807, 2.05) is 6.07 Å². The molecule has 19 heavy (non-hydrogen) atoms. The highest BCUT2D eigenvalue weighted by atomic mass is 16.5. The van der Waals surface area contributed by atoms with Crippen molar-refractivity contribution in [3.63, 3.8) is 0 Å². The number of nitrogen functional groups attached to an aromatic ring is 1. The van der Waals surface area contributed by atoms with Crippen molar-refractivity contribution in [2.75, 3.05) is 5.73 Å². The van der Waals surface area contributed by atoms with Gasteiger partial charge in [-0.1, -0.05) is 12.1 Å². The van der Waals surface area contributed by atoms with Crippen molar-refractivity contribution in [2.24, 2.45) is 5.73 Å². The summed E-state index contributed by atoms with van der Waals surface area (Å²) in [7, 11) is 0. The Kier molecular flexibility index (Phi) is 3.30. The molecule has 1 aromatic heterocycles. The maximum Gasteiger partial charge on any atom is 0.252 e. The lowest BCUT2D eigenvalue weighted by atomic mass is 10.2. The molecule has 6 nitrogen and oxygen atoms in total. The topological polar surface area (TPSA) is 115 Å². The Morgan fingerprint density at radius 2 is 2.11 bits per heavy atom. The van der Waals surface area contributed by atoms with Crippen LogP contribution in [0.2, 0.25) is 0 Å². The van der Waals surface area contributed by atoms with Crippen molar-refractivity contribution in [1.82, 2.24) is 4.98 Å². The van der Waals surface area contributed by atoms with E-state index in [0.717, 1.165) is 0 Å². The van der Waals surface area contributed by atoms with Gasteiger partial charge in [-0.3, -0.25) is 4.79 Å². The van der Waals surface area contributed by atoms with Crippen LogP contribution in [0.1, 0.15) is 15.9 Å². The molecule has 2 aromatic rings. The third-order valence-corrected chi connectivity index (χ3v) is 2.35. The lowest BCUT2D eigenvalue weighted by molar-refractivity contribution is 0.0998. The van der Waals surface area contributed by atoms with Gasteiger partial charge in [0.15, 0.2) is 0 Å². The van der Waals surface area contributed by atoms with Gasteiger partial charge in [-0.2, -0.15) is 5.26 Å². The third kappa shape index (κ3) is 2.61. The molecule has 0 bridgehead atoms. The number of anilines is 1. The summed E-state index contributed by atoms with van der Waals surface area (Å²) in [5, 5.41) is 8.98. The van der Waals surface area contributed by atoms with E-state index in [4.69, 9.17) is 21.5 Å². The lowest BCUT2D eigenvalue weighted by Gasteiger charge is -2.09. The van der Waals surface area contributed by atoms with Gasteiger partial charge in [0, 0.05) is 0 Å². The zero-order valence-electron chi connectivity index (χ0n) is 9.83. The van der Waals surface area contributed by atoms with Gasteiger partial charge in [-0.15, -0.1) is 0 Å². The number of hydrogen-bond donors (Lipinski definition) is 2. The number of aromatic nitrogens is 1. The van der Waals surface area contributed by atoms with Crippen molar-refractivity contribution in [3.8, 4) is 17.7 Å². The molecule has 0 aliphatic heterocycles. The number of rotatable bonds is 3. The van der Waals surface area contributed by atoms with Crippen LogP contribution in [0.4, 0.5) is 5.69 Å². The van der Waals surface area contributed by atoms with Crippen LogP contribution in [0, 0.1) is 11.3 Å². The molecule has 94 valence electrons. The van der Waals surface area contributed by atoms with Crippen molar-refractivity contribution in [1.29, 1.82) is 5.26 Å². The maximum absolute atomic E-state index is 11.3. The minimum atomic E-state index is -0.621. The summed E-state index contributed by atoms with van der Waals surface area (Å²) in [5.41, 5.74) is 11.5. The second kappa shape index (κ2) is 5.06. The number of carbonyl (C=O) groups excluding carboxylic acids is 1. The normalized spacial score (nSPS) is 9.63. The molecule has 1 heterocycles. The number of amides is 1. The predicted molar refractivity (Wildman–Crippen MR) is 68.4 cm³/mol. The van der Waals surface area contributed by atoms with E-state index in [0.29, 0.717) is 5.69 Å². The molecule has 0 radical (unpaired) electrons. The van der Waals surface area contributed by atoms with Gasteiger partial charge in [0.1, 0.15) is 17.4 Å².